The fourth-order valence-electron chi connectivity index (χ4n) is 5.22. The first-order valence-corrected chi connectivity index (χ1v) is 17.1. The first-order valence-electron chi connectivity index (χ1n) is 14.6. The number of ether oxygens (including phenoxy) is 5. The molecule has 0 aromatic heterocycles. The van der Waals surface area contributed by atoms with Crippen molar-refractivity contribution in [2.24, 2.45) is 0 Å². The molecule has 232 valence electrons. The Bertz CT molecular complexity index is 1490. The Morgan fingerprint density at radius 1 is 0.523 bits per heavy atom. The topological polar surface area (TPSA) is 80.3 Å². The third-order valence-electron chi connectivity index (χ3n) is 7.34. The minimum atomic E-state index is -3.96. The molecule has 1 fully saturated rings. The van der Waals surface area contributed by atoms with Gasteiger partial charge in [-0.1, -0.05) is 121 Å². The average Bonchev–Trinajstić information content (AvgIpc) is 3.04. The van der Waals surface area contributed by atoms with Gasteiger partial charge in [0.25, 0.3) is 0 Å². The molecule has 0 aliphatic carbocycles. The molecule has 0 spiro atoms. The van der Waals surface area contributed by atoms with E-state index in [1.54, 1.807) is 0 Å². The molecular weight excluding hydrogens is 600 g/mol. The number of hydrogen-bond acceptors (Lipinski definition) is 7. The van der Waals surface area contributed by atoms with Crippen molar-refractivity contribution in [2.45, 2.75) is 56.9 Å². The van der Waals surface area contributed by atoms with Crippen LogP contribution in [-0.2, 0) is 59.2 Å². The van der Waals surface area contributed by atoms with Crippen molar-refractivity contribution in [3.63, 3.8) is 0 Å². The van der Waals surface area contributed by atoms with E-state index in [0.717, 1.165) is 22.3 Å². The monoisotopic (exact) mass is 636 g/mol. The number of benzene rings is 4. The lowest BCUT2D eigenvalue weighted by atomic mass is 9.94. The third kappa shape index (κ3) is 9.97. The highest BCUT2D eigenvalue weighted by Gasteiger charge is 2.49. The van der Waals surface area contributed by atoms with Crippen LogP contribution in [0.3, 0.4) is 0 Å². The first-order chi connectivity index (χ1) is 21.4. The SMILES string of the molecule is O=S(=O)(Cl)C[C@@H]1OC(COCc2ccccc2)[C@@H](OCc2ccccc2)[C@@H](OCc2ccccc2)C1OCc1ccccc1. The van der Waals surface area contributed by atoms with Gasteiger partial charge in [0.05, 0.1) is 38.8 Å². The fourth-order valence-corrected chi connectivity index (χ4v) is 6.25. The van der Waals surface area contributed by atoms with Crippen molar-refractivity contribution in [1.82, 2.24) is 0 Å². The van der Waals surface area contributed by atoms with E-state index < -0.39 is 45.3 Å². The summed E-state index contributed by atoms with van der Waals surface area (Å²) in [6, 6.07) is 39.1. The van der Waals surface area contributed by atoms with Crippen LogP contribution in [0.1, 0.15) is 22.3 Å². The van der Waals surface area contributed by atoms with Crippen LogP contribution in [0.5, 0.6) is 0 Å². The smallest absolute Gasteiger partial charge is 0.235 e. The molecule has 2 unspecified atom stereocenters. The zero-order valence-electron chi connectivity index (χ0n) is 24.3. The minimum absolute atomic E-state index is 0.143. The van der Waals surface area contributed by atoms with Gasteiger partial charge in [-0.3, -0.25) is 0 Å². The minimum Gasteiger partial charge on any atom is -0.374 e. The van der Waals surface area contributed by atoms with Crippen LogP contribution >= 0.6 is 10.7 Å². The van der Waals surface area contributed by atoms with Gasteiger partial charge in [0, 0.05) is 10.7 Å². The summed E-state index contributed by atoms with van der Waals surface area (Å²) in [6.07, 6.45) is -3.75. The van der Waals surface area contributed by atoms with E-state index in [4.69, 9.17) is 34.4 Å². The maximum atomic E-state index is 12.4. The van der Waals surface area contributed by atoms with Crippen molar-refractivity contribution in [3.05, 3.63) is 144 Å². The van der Waals surface area contributed by atoms with Gasteiger partial charge < -0.3 is 23.7 Å². The lowest BCUT2D eigenvalue weighted by molar-refractivity contribution is -0.268. The second-order valence-corrected chi connectivity index (χ2v) is 13.5. The lowest BCUT2D eigenvalue weighted by Gasteiger charge is -2.46. The van der Waals surface area contributed by atoms with Gasteiger partial charge in [-0.2, -0.15) is 0 Å². The summed E-state index contributed by atoms with van der Waals surface area (Å²) in [6.45, 7) is 1.27. The molecule has 1 aliphatic heterocycles. The van der Waals surface area contributed by atoms with E-state index in [-0.39, 0.29) is 19.8 Å². The molecule has 0 radical (unpaired) electrons. The molecule has 0 bridgehead atoms. The quantitative estimate of drug-likeness (QED) is 0.142. The Hall–Kier alpha value is -3.08. The van der Waals surface area contributed by atoms with E-state index in [1.807, 2.05) is 121 Å². The van der Waals surface area contributed by atoms with Gasteiger partial charge in [-0.25, -0.2) is 8.42 Å². The fraction of sp³-hybridized carbons (Fsp3) is 0.314. The molecule has 0 saturated carbocycles. The molecule has 7 nitrogen and oxygen atoms in total. The first kappa shape index (κ1) is 32.3. The van der Waals surface area contributed by atoms with Gasteiger partial charge in [-0.05, 0) is 22.3 Å². The van der Waals surface area contributed by atoms with Crippen LogP contribution in [0.15, 0.2) is 121 Å². The zero-order chi connectivity index (χ0) is 30.6. The normalized spacial score (nSPS) is 22.1. The van der Waals surface area contributed by atoms with Crippen LogP contribution in [0.2, 0.25) is 0 Å². The average molecular weight is 637 g/mol. The Labute approximate surface area is 264 Å². The largest absolute Gasteiger partial charge is 0.374 e. The Kier molecular flexibility index (Phi) is 12.0. The van der Waals surface area contributed by atoms with Crippen molar-refractivity contribution in [3.8, 4) is 0 Å². The van der Waals surface area contributed by atoms with Gasteiger partial charge in [0.2, 0.25) is 9.05 Å². The number of halogens is 1. The summed E-state index contributed by atoms with van der Waals surface area (Å²) in [5.74, 6) is -0.459. The Balaban J connectivity index is 1.45. The Morgan fingerprint density at radius 3 is 1.30 bits per heavy atom. The van der Waals surface area contributed by atoms with Gasteiger partial charge >= 0.3 is 0 Å². The van der Waals surface area contributed by atoms with Crippen molar-refractivity contribution < 1.29 is 32.1 Å². The van der Waals surface area contributed by atoms with E-state index in [9.17, 15) is 8.42 Å². The van der Waals surface area contributed by atoms with Crippen LogP contribution < -0.4 is 0 Å². The number of hydrogen-bond donors (Lipinski definition) is 0. The molecule has 5 rings (SSSR count). The molecule has 1 heterocycles. The molecule has 5 atom stereocenters. The molecule has 1 aliphatic rings. The molecule has 0 amide bonds. The van der Waals surface area contributed by atoms with Gasteiger partial charge in [-0.15, -0.1) is 0 Å². The van der Waals surface area contributed by atoms with Crippen molar-refractivity contribution in [2.75, 3.05) is 12.4 Å². The standard InChI is InChI=1S/C35H37ClO7S/c36-44(37,38)26-32-34(41-23-29-17-9-3-10-18-29)35(42-24-30-19-11-4-12-20-30)33(40-22-28-15-7-2-8-16-28)31(43-32)25-39-21-27-13-5-1-6-14-27/h1-20,31-35H,21-26H2/t31?,32-,33+,34?,35+/m0/s1. The highest BCUT2D eigenvalue weighted by atomic mass is 35.7. The highest BCUT2D eigenvalue weighted by Crippen LogP contribution is 2.32. The molecule has 0 N–H and O–H groups in total. The summed E-state index contributed by atoms with van der Waals surface area (Å²) in [5.41, 5.74) is 3.87. The molecule has 1 saturated heterocycles. The summed E-state index contributed by atoms with van der Waals surface area (Å²) in [4.78, 5) is 0. The van der Waals surface area contributed by atoms with Gasteiger partial charge in [0.1, 0.15) is 30.5 Å². The maximum absolute atomic E-state index is 12.4. The summed E-state index contributed by atoms with van der Waals surface area (Å²) in [5, 5.41) is 0. The second-order valence-electron chi connectivity index (χ2n) is 10.7. The lowest BCUT2D eigenvalue weighted by Crippen LogP contribution is -2.62. The molecular formula is C35H37ClO7S. The van der Waals surface area contributed by atoms with Crippen molar-refractivity contribution >= 4 is 19.7 Å². The van der Waals surface area contributed by atoms with E-state index in [2.05, 4.69) is 0 Å². The van der Waals surface area contributed by atoms with Crippen LogP contribution in [0.4, 0.5) is 0 Å². The second kappa shape index (κ2) is 16.3. The van der Waals surface area contributed by atoms with E-state index in [1.165, 1.54) is 0 Å². The predicted octanol–water partition coefficient (Wildman–Crippen LogP) is 6.30. The molecule has 4 aromatic carbocycles. The molecule has 44 heavy (non-hydrogen) atoms. The van der Waals surface area contributed by atoms with Gasteiger partial charge in [0.15, 0.2) is 0 Å². The Morgan fingerprint density at radius 2 is 0.886 bits per heavy atom. The van der Waals surface area contributed by atoms with Crippen LogP contribution in [0, 0.1) is 0 Å². The van der Waals surface area contributed by atoms with Crippen LogP contribution in [-0.4, -0.2) is 51.3 Å². The van der Waals surface area contributed by atoms with E-state index in [0.29, 0.717) is 13.2 Å². The number of rotatable bonds is 15. The highest BCUT2D eigenvalue weighted by molar-refractivity contribution is 8.13. The predicted molar refractivity (Wildman–Crippen MR) is 169 cm³/mol. The zero-order valence-corrected chi connectivity index (χ0v) is 25.9. The maximum Gasteiger partial charge on any atom is 0.235 e. The van der Waals surface area contributed by atoms with E-state index >= 15 is 0 Å². The van der Waals surface area contributed by atoms with Crippen LogP contribution in [0.25, 0.3) is 0 Å². The molecule has 4 aromatic rings. The molecule has 9 heteroatoms. The summed E-state index contributed by atoms with van der Waals surface area (Å²) >= 11 is 0. The van der Waals surface area contributed by atoms with Crippen molar-refractivity contribution in [1.29, 1.82) is 0 Å². The summed E-state index contributed by atoms with van der Waals surface area (Å²) < 4.78 is 57.0. The third-order valence-corrected chi connectivity index (χ3v) is 8.45. The summed E-state index contributed by atoms with van der Waals surface area (Å²) in [7, 11) is 1.85.